The summed E-state index contributed by atoms with van der Waals surface area (Å²) in [5, 5.41) is 0. The van der Waals surface area contributed by atoms with Crippen LogP contribution in [-0.2, 0) is 14.3 Å². The van der Waals surface area contributed by atoms with Crippen LogP contribution in [0.25, 0.3) is 0 Å². The van der Waals surface area contributed by atoms with Crippen LogP contribution in [0.5, 0.6) is 0 Å². The molecule has 2 atom stereocenters. The highest BCUT2D eigenvalue weighted by Gasteiger charge is 2.38. The van der Waals surface area contributed by atoms with Crippen molar-refractivity contribution in [3.05, 3.63) is 12.2 Å². The molecular weight excluding hydrogens is 180 g/mol. The van der Waals surface area contributed by atoms with Gasteiger partial charge in [0.05, 0.1) is 6.61 Å². The van der Waals surface area contributed by atoms with Gasteiger partial charge in [0.15, 0.2) is 0 Å². The van der Waals surface area contributed by atoms with Crippen LogP contribution in [0.1, 0.15) is 33.6 Å². The van der Waals surface area contributed by atoms with Gasteiger partial charge in [-0.15, -0.1) is 0 Å². The first-order chi connectivity index (χ1) is 6.46. The Morgan fingerprint density at radius 3 is 2.79 bits per heavy atom. The van der Waals surface area contributed by atoms with Gasteiger partial charge in [0.1, 0.15) is 0 Å². The molecule has 1 aliphatic heterocycles. The van der Waals surface area contributed by atoms with Crippen molar-refractivity contribution in [2.75, 3.05) is 6.61 Å². The molecular formula is C11H18O3. The molecule has 80 valence electrons. The van der Waals surface area contributed by atoms with Crippen molar-refractivity contribution in [1.29, 1.82) is 0 Å². The number of rotatable bonds is 2. The Morgan fingerprint density at radius 1 is 1.64 bits per heavy atom. The zero-order valence-electron chi connectivity index (χ0n) is 9.13. The summed E-state index contributed by atoms with van der Waals surface area (Å²) in [7, 11) is 0. The van der Waals surface area contributed by atoms with Crippen molar-refractivity contribution < 1.29 is 14.3 Å². The Bertz CT molecular complexity index is 247. The summed E-state index contributed by atoms with van der Waals surface area (Å²) < 4.78 is 10.8. The number of hydrogen-bond donors (Lipinski definition) is 0. The van der Waals surface area contributed by atoms with E-state index in [9.17, 15) is 4.79 Å². The van der Waals surface area contributed by atoms with Crippen molar-refractivity contribution in [2.45, 2.75) is 39.4 Å². The van der Waals surface area contributed by atoms with E-state index in [1.807, 2.05) is 13.8 Å². The third kappa shape index (κ3) is 2.35. The third-order valence-corrected chi connectivity index (χ3v) is 2.71. The summed E-state index contributed by atoms with van der Waals surface area (Å²) in [4.78, 5) is 11.4. The number of esters is 1. The molecule has 0 saturated carbocycles. The monoisotopic (exact) mass is 198 g/mol. The van der Waals surface area contributed by atoms with Crippen LogP contribution in [0.2, 0.25) is 0 Å². The third-order valence-electron chi connectivity index (χ3n) is 2.71. The largest absolute Gasteiger partial charge is 0.430 e. The normalized spacial score (nSPS) is 32.4. The molecule has 3 heteroatoms. The van der Waals surface area contributed by atoms with Gasteiger partial charge in [-0.2, -0.15) is 0 Å². The molecule has 0 aromatic carbocycles. The van der Waals surface area contributed by atoms with Crippen molar-refractivity contribution in [3.63, 3.8) is 0 Å². The van der Waals surface area contributed by atoms with Gasteiger partial charge in [0.2, 0.25) is 5.79 Å². The lowest BCUT2D eigenvalue weighted by molar-refractivity contribution is -0.256. The van der Waals surface area contributed by atoms with E-state index in [2.05, 4.69) is 6.58 Å². The lowest BCUT2D eigenvalue weighted by atomic mass is 9.94. The average Bonchev–Trinajstić information content (AvgIpc) is 2.10. The zero-order valence-corrected chi connectivity index (χ0v) is 9.13. The molecule has 1 aliphatic rings. The smallest absolute Gasteiger partial charge is 0.335 e. The second-order valence-electron chi connectivity index (χ2n) is 4.08. The van der Waals surface area contributed by atoms with E-state index in [0.717, 1.165) is 12.8 Å². The highest BCUT2D eigenvalue weighted by atomic mass is 16.7. The molecule has 1 saturated heterocycles. The lowest BCUT2D eigenvalue weighted by Crippen LogP contribution is -2.44. The lowest BCUT2D eigenvalue weighted by Gasteiger charge is -2.38. The SMILES string of the molecule is C=C(C)C(=O)OC1(C)OCCCC1C. The van der Waals surface area contributed by atoms with Crippen molar-refractivity contribution >= 4 is 5.97 Å². The van der Waals surface area contributed by atoms with Crippen LogP contribution < -0.4 is 0 Å². The van der Waals surface area contributed by atoms with Gasteiger partial charge in [0.25, 0.3) is 0 Å². The molecule has 0 radical (unpaired) electrons. The van der Waals surface area contributed by atoms with Crippen molar-refractivity contribution in [3.8, 4) is 0 Å². The molecule has 0 amide bonds. The number of carbonyl (C=O) groups excluding carboxylic acids is 1. The zero-order chi connectivity index (χ0) is 10.8. The van der Waals surface area contributed by atoms with Crippen LogP contribution in [-0.4, -0.2) is 18.4 Å². The maximum absolute atomic E-state index is 11.4. The highest BCUT2D eigenvalue weighted by Crippen LogP contribution is 2.32. The van der Waals surface area contributed by atoms with Gasteiger partial charge in [-0.1, -0.05) is 13.5 Å². The molecule has 1 rings (SSSR count). The predicted octanol–water partition coefficient (Wildman–Crippen LogP) is 2.27. The summed E-state index contributed by atoms with van der Waals surface area (Å²) >= 11 is 0. The Labute approximate surface area is 85.1 Å². The standard InChI is InChI=1S/C11H18O3/c1-8(2)10(12)14-11(4)9(3)6-5-7-13-11/h9H,1,5-7H2,2-4H3. The molecule has 0 aromatic rings. The van der Waals surface area contributed by atoms with Crippen LogP contribution >= 0.6 is 0 Å². The predicted molar refractivity (Wildman–Crippen MR) is 53.7 cm³/mol. The number of ether oxygens (including phenoxy) is 2. The second kappa shape index (κ2) is 4.13. The van der Waals surface area contributed by atoms with Crippen LogP contribution in [0.3, 0.4) is 0 Å². The van der Waals surface area contributed by atoms with E-state index in [1.165, 1.54) is 0 Å². The molecule has 0 N–H and O–H groups in total. The van der Waals surface area contributed by atoms with Gasteiger partial charge in [-0.05, 0) is 19.8 Å². The van der Waals surface area contributed by atoms with E-state index in [4.69, 9.17) is 9.47 Å². The first-order valence-corrected chi connectivity index (χ1v) is 4.98. The minimum Gasteiger partial charge on any atom is -0.430 e. The molecule has 3 nitrogen and oxygen atoms in total. The fourth-order valence-corrected chi connectivity index (χ4v) is 1.47. The molecule has 0 bridgehead atoms. The molecule has 14 heavy (non-hydrogen) atoms. The molecule has 0 spiro atoms. The molecule has 0 aliphatic carbocycles. The first kappa shape index (κ1) is 11.2. The fourth-order valence-electron chi connectivity index (χ4n) is 1.47. The molecule has 1 heterocycles. The first-order valence-electron chi connectivity index (χ1n) is 4.98. The van der Waals surface area contributed by atoms with Crippen LogP contribution in [0, 0.1) is 5.92 Å². The average molecular weight is 198 g/mol. The highest BCUT2D eigenvalue weighted by molar-refractivity contribution is 5.87. The van der Waals surface area contributed by atoms with Gasteiger partial charge < -0.3 is 9.47 Å². The maximum atomic E-state index is 11.4. The van der Waals surface area contributed by atoms with E-state index in [0.29, 0.717) is 12.2 Å². The Morgan fingerprint density at radius 2 is 2.29 bits per heavy atom. The molecule has 1 fully saturated rings. The Kier molecular flexibility index (Phi) is 3.32. The van der Waals surface area contributed by atoms with Crippen molar-refractivity contribution in [1.82, 2.24) is 0 Å². The van der Waals surface area contributed by atoms with E-state index in [1.54, 1.807) is 6.92 Å². The Hall–Kier alpha value is -0.830. The molecule has 2 unspecified atom stereocenters. The maximum Gasteiger partial charge on any atom is 0.335 e. The summed E-state index contributed by atoms with van der Waals surface area (Å²) in [6, 6.07) is 0. The van der Waals surface area contributed by atoms with Gasteiger partial charge >= 0.3 is 5.97 Å². The second-order valence-corrected chi connectivity index (χ2v) is 4.08. The Balaban J connectivity index is 2.64. The summed E-state index contributed by atoms with van der Waals surface area (Å²) in [6.45, 7) is 9.69. The van der Waals surface area contributed by atoms with Gasteiger partial charge in [0, 0.05) is 18.4 Å². The molecule has 0 aromatic heterocycles. The van der Waals surface area contributed by atoms with Crippen LogP contribution in [0.15, 0.2) is 12.2 Å². The van der Waals surface area contributed by atoms with Gasteiger partial charge in [-0.3, -0.25) is 0 Å². The van der Waals surface area contributed by atoms with E-state index >= 15 is 0 Å². The topological polar surface area (TPSA) is 35.5 Å². The minimum absolute atomic E-state index is 0.236. The van der Waals surface area contributed by atoms with E-state index in [-0.39, 0.29) is 11.9 Å². The summed E-state index contributed by atoms with van der Waals surface area (Å²) in [5.41, 5.74) is 0.410. The number of carbonyl (C=O) groups is 1. The fraction of sp³-hybridized carbons (Fsp3) is 0.727. The summed E-state index contributed by atoms with van der Waals surface area (Å²) in [5.74, 6) is -0.908. The quantitative estimate of drug-likeness (QED) is 0.504. The van der Waals surface area contributed by atoms with Crippen LogP contribution in [0.4, 0.5) is 0 Å². The minimum atomic E-state index is -0.770. The van der Waals surface area contributed by atoms with Gasteiger partial charge in [-0.25, -0.2) is 4.79 Å². The van der Waals surface area contributed by atoms with Crippen molar-refractivity contribution in [2.24, 2.45) is 5.92 Å². The number of hydrogen-bond acceptors (Lipinski definition) is 3. The summed E-state index contributed by atoms with van der Waals surface area (Å²) in [6.07, 6.45) is 2.06. The van der Waals surface area contributed by atoms with E-state index < -0.39 is 5.79 Å².